The fourth-order valence-corrected chi connectivity index (χ4v) is 7.11. The van der Waals surface area contributed by atoms with E-state index in [0.717, 1.165) is 6.42 Å². The zero-order chi connectivity index (χ0) is 28.2. The predicted molar refractivity (Wildman–Crippen MR) is 175 cm³/mol. The molecular weight excluding hydrogens is 490 g/mol. The van der Waals surface area contributed by atoms with Crippen LogP contribution in [0.4, 0.5) is 0 Å². The lowest BCUT2D eigenvalue weighted by molar-refractivity contribution is 0.212. The van der Waals surface area contributed by atoms with Crippen LogP contribution in [0, 0.1) is 10.8 Å². The average Bonchev–Trinajstić information content (AvgIpc) is 3.31. The third-order valence-corrected chi connectivity index (χ3v) is 10.7. The SMILES string of the molecule is CCCCC(C)(CC)C(Cc1ccc2c(c1)[nH]c1cc(C(C)C(C)(C)CCC)ccc12)c1ccc(SC)cc1. The molecule has 1 heterocycles. The van der Waals surface area contributed by atoms with E-state index in [4.69, 9.17) is 0 Å². The molecule has 0 saturated heterocycles. The van der Waals surface area contributed by atoms with Crippen LogP contribution in [0.2, 0.25) is 0 Å². The van der Waals surface area contributed by atoms with Gasteiger partial charge in [-0.15, -0.1) is 11.8 Å². The smallest absolute Gasteiger partial charge is 0.0467 e. The summed E-state index contributed by atoms with van der Waals surface area (Å²) in [7, 11) is 0. The first-order valence-corrected chi connectivity index (χ1v) is 16.6. The molecule has 0 aliphatic heterocycles. The molecule has 0 radical (unpaired) electrons. The maximum atomic E-state index is 3.81. The molecule has 0 saturated carbocycles. The molecule has 1 N–H and O–H groups in total. The quantitative estimate of drug-likeness (QED) is 0.166. The normalized spacial score (nSPS) is 15.5. The lowest BCUT2D eigenvalue weighted by atomic mass is 9.66. The minimum atomic E-state index is 0.280. The van der Waals surface area contributed by atoms with E-state index in [1.165, 1.54) is 81.9 Å². The Hall–Kier alpha value is -2.19. The molecule has 0 amide bonds. The fourth-order valence-electron chi connectivity index (χ4n) is 6.70. The largest absolute Gasteiger partial charge is 0.354 e. The fraction of sp³-hybridized carbons (Fsp3) is 0.514. The van der Waals surface area contributed by atoms with Crippen LogP contribution >= 0.6 is 11.8 Å². The van der Waals surface area contributed by atoms with Gasteiger partial charge in [-0.25, -0.2) is 0 Å². The van der Waals surface area contributed by atoms with Gasteiger partial charge >= 0.3 is 0 Å². The van der Waals surface area contributed by atoms with Crippen LogP contribution in [0.15, 0.2) is 65.6 Å². The Morgan fingerprint density at radius 3 is 2.03 bits per heavy atom. The van der Waals surface area contributed by atoms with Crippen molar-refractivity contribution in [3.63, 3.8) is 0 Å². The Bertz CT molecular complexity index is 1360. The molecule has 0 spiro atoms. The van der Waals surface area contributed by atoms with E-state index in [9.17, 15) is 0 Å². The minimum Gasteiger partial charge on any atom is -0.354 e. The second-order valence-electron chi connectivity index (χ2n) is 12.9. The second-order valence-corrected chi connectivity index (χ2v) is 13.8. The van der Waals surface area contributed by atoms with Crippen molar-refractivity contribution in [3.05, 3.63) is 77.4 Å². The number of nitrogens with one attached hydrogen (secondary N) is 1. The van der Waals surface area contributed by atoms with Gasteiger partial charge in [-0.1, -0.05) is 111 Å². The number of thioether (sulfide) groups is 1. The minimum absolute atomic E-state index is 0.280. The molecule has 0 fully saturated rings. The highest BCUT2D eigenvalue weighted by Crippen LogP contribution is 2.46. The van der Waals surface area contributed by atoms with Crippen molar-refractivity contribution in [2.45, 2.75) is 110 Å². The van der Waals surface area contributed by atoms with Crippen LogP contribution in [-0.4, -0.2) is 11.2 Å². The Morgan fingerprint density at radius 1 is 0.769 bits per heavy atom. The highest BCUT2D eigenvalue weighted by Gasteiger charge is 2.33. The third-order valence-electron chi connectivity index (χ3n) is 9.96. The molecule has 3 atom stereocenters. The monoisotopic (exact) mass is 541 g/mol. The first kappa shape index (κ1) is 29.8. The molecule has 2 heteroatoms. The number of unbranched alkanes of at least 4 members (excludes halogenated alkanes) is 1. The summed E-state index contributed by atoms with van der Waals surface area (Å²) in [6.45, 7) is 16.8. The van der Waals surface area contributed by atoms with Crippen LogP contribution in [-0.2, 0) is 6.42 Å². The van der Waals surface area contributed by atoms with Crippen molar-refractivity contribution in [2.75, 3.05) is 6.26 Å². The molecule has 39 heavy (non-hydrogen) atoms. The zero-order valence-corrected chi connectivity index (χ0v) is 26.6. The molecule has 1 aromatic heterocycles. The van der Waals surface area contributed by atoms with Gasteiger partial charge in [0.15, 0.2) is 0 Å². The number of aromatic amines is 1. The first-order valence-electron chi connectivity index (χ1n) is 15.3. The Labute approximate surface area is 242 Å². The summed E-state index contributed by atoms with van der Waals surface area (Å²) in [5.74, 6) is 1.02. The number of H-pyrrole nitrogens is 1. The van der Waals surface area contributed by atoms with Gasteiger partial charge in [-0.3, -0.25) is 0 Å². The molecule has 3 unspecified atom stereocenters. The summed E-state index contributed by atoms with van der Waals surface area (Å²) in [6.07, 6.45) is 10.7. The lowest BCUT2D eigenvalue weighted by Crippen LogP contribution is -2.27. The van der Waals surface area contributed by atoms with Gasteiger partial charge in [0.05, 0.1) is 0 Å². The van der Waals surface area contributed by atoms with Crippen molar-refractivity contribution in [1.29, 1.82) is 0 Å². The molecule has 210 valence electrons. The average molecular weight is 542 g/mol. The summed E-state index contributed by atoms with van der Waals surface area (Å²) in [4.78, 5) is 5.15. The Morgan fingerprint density at radius 2 is 1.41 bits per heavy atom. The van der Waals surface area contributed by atoms with Crippen LogP contribution in [0.3, 0.4) is 0 Å². The number of hydrogen-bond acceptors (Lipinski definition) is 1. The molecule has 0 bridgehead atoms. The van der Waals surface area contributed by atoms with Gasteiger partial charge < -0.3 is 4.98 Å². The van der Waals surface area contributed by atoms with Crippen molar-refractivity contribution in [2.24, 2.45) is 10.8 Å². The molecule has 1 nitrogen and oxygen atoms in total. The first-order chi connectivity index (χ1) is 18.7. The van der Waals surface area contributed by atoms with Crippen LogP contribution in [0.1, 0.15) is 116 Å². The van der Waals surface area contributed by atoms with Gasteiger partial charge in [-0.2, -0.15) is 0 Å². The molecule has 4 aromatic rings. The van der Waals surface area contributed by atoms with E-state index in [1.807, 2.05) is 11.8 Å². The zero-order valence-electron chi connectivity index (χ0n) is 25.8. The molecule has 4 rings (SSSR count). The molecule has 3 aromatic carbocycles. The van der Waals surface area contributed by atoms with E-state index in [2.05, 4.69) is 120 Å². The highest BCUT2D eigenvalue weighted by atomic mass is 32.2. The molecular formula is C37H51NS. The topological polar surface area (TPSA) is 15.8 Å². The van der Waals surface area contributed by atoms with Crippen molar-refractivity contribution in [1.82, 2.24) is 4.98 Å². The standard InChI is InChI=1S/C37H51NS/c1-9-12-22-37(7,11-3)33(28-14-17-30(39-8)18-15-28)23-27-13-19-31-32-20-16-29(25-35(32)38-34(31)24-27)26(4)36(5,6)21-10-2/h13-20,24-26,33,38H,9-12,21-23H2,1-8H3. The van der Waals surface area contributed by atoms with Crippen LogP contribution in [0.5, 0.6) is 0 Å². The van der Waals surface area contributed by atoms with Crippen LogP contribution < -0.4 is 0 Å². The molecule has 0 aliphatic rings. The van der Waals surface area contributed by atoms with Crippen molar-refractivity contribution in [3.8, 4) is 0 Å². The van der Waals surface area contributed by atoms with Gasteiger partial charge in [-0.05, 0) is 89.1 Å². The van der Waals surface area contributed by atoms with E-state index >= 15 is 0 Å². The highest BCUT2D eigenvalue weighted by molar-refractivity contribution is 7.98. The van der Waals surface area contributed by atoms with Crippen molar-refractivity contribution >= 4 is 33.6 Å². The third kappa shape index (κ3) is 6.43. The maximum Gasteiger partial charge on any atom is 0.0467 e. The summed E-state index contributed by atoms with van der Waals surface area (Å²) in [5, 5.41) is 2.68. The van der Waals surface area contributed by atoms with E-state index in [0.29, 0.717) is 17.3 Å². The number of fused-ring (bicyclic) bond motifs is 3. The number of hydrogen-bond donors (Lipinski definition) is 1. The molecule has 0 aliphatic carbocycles. The number of rotatable bonds is 13. The number of aromatic nitrogens is 1. The maximum absolute atomic E-state index is 3.81. The van der Waals surface area contributed by atoms with Crippen molar-refractivity contribution < 1.29 is 0 Å². The second kappa shape index (κ2) is 12.5. The van der Waals surface area contributed by atoms with Gasteiger partial charge in [0.2, 0.25) is 0 Å². The summed E-state index contributed by atoms with van der Waals surface area (Å²) >= 11 is 1.83. The Kier molecular flexibility index (Phi) is 9.58. The van der Waals surface area contributed by atoms with Gasteiger partial charge in [0.25, 0.3) is 0 Å². The van der Waals surface area contributed by atoms with Crippen LogP contribution in [0.25, 0.3) is 21.8 Å². The van der Waals surface area contributed by atoms with Gasteiger partial charge in [0.1, 0.15) is 0 Å². The van der Waals surface area contributed by atoms with E-state index < -0.39 is 0 Å². The lowest BCUT2D eigenvalue weighted by Gasteiger charge is -2.38. The van der Waals surface area contributed by atoms with E-state index in [-0.39, 0.29) is 5.41 Å². The summed E-state index contributed by atoms with van der Waals surface area (Å²) in [5.41, 5.74) is 7.47. The predicted octanol–water partition coefficient (Wildman–Crippen LogP) is 11.9. The Balaban J connectivity index is 1.70. The number of benzene rings is 3. The summed E-state index contributed by atoms with van der Waals surface area (Å²) in [6, 6.07) is 23.7. The summed E-state index contributed by atoms with van der Waals surface area (Å²) < 4.78 is 0. The van der Waals surface area contributed by atoms with Gasteiger partial charge in [0, 0.05) is 26.7 Å². The van der Waals surface area contributed by atoms with E-state index in [1.54, 1.807) is 0 Å².